The molecule has 0 aliphatic carbocycles. The Morgan fingerprint density at radius 3 is 2.39 bits per heavy atom. The van der Waals surface area contributed by atoms with E-state index in [1.165, 1.54) is 11.1 Å². The van der Waals surface area contributed by atoms with E-state index in [0.29, 0.717) is 19.8 Å². The molecule has 18 heavy (non-hydrogen) atoms. The van der Waals surface area contributed by atoms with Crippen LogP contribution in [0, 0.1) is 6.92 Å². The third kappa shape index (κ3) is 4.91. The monoisotopic (exact) mass is 268 g/mol. The van der Waals surface area contributed by atoms with E-state index in [2.05, 4.69) is 58.5 Å². The highest BCUT2D eigenvalue weighted by Crippen LogP contribution is 2.27. The van der Waals surface area contributed by atoms with Crippen molar-refractivity contribution < 1.29 is 9.47 Å². The summed E-state index contributed by atoms with van der Waals surface area (Å²) in [6.07, 6.45) is 0. The summed E-state index contributed by atoms with van der Waals surface area (Å²) in [7, 11) is 0. The van der Waals surface area contributed by atoms with Gasteiger partial charge in [0, 0.05) is 5.75 Å². The lowest BCUT2D eigenvalue weighted by Crippen LogP contribution is -2.12. The number of hydrogen-bond acceptors (Lipinski definition) is 3. The van der Waals surface area contributed by atoms with Crippen molar-refractivity contribution in [2.75, 3.05) is 25.6 Å². The van der Waals surface area contributed by atoms with E-state index in [1.807, 2.05) is 0 Å². The Labute approximate surface area is 116 Å². The molecule has 1 rings (SSSR count). The normalized spacial score (nSPS) is 11.6. The molecule has 0 fully saturated rings. The molecule has 1 aromatic carbocycles. The van der Waals surface area contributed by atoms with E-state index >= 15 is 0 Å². The van der Waals surface area contributed by atoms with Gasteiger partial charge in [0.05, 0.1) is 13.2 Å². The summed E-state index contributed by atoms with van der Waals surface area (Å²) in [5.41, 5.74) is 2.69. The van der Waals surface area contributed by atoms with E-state index in [0.717, 1.165) is 11.5 Å². The Bertz CT molecular complexity index is 369. The molecule has 0 saturated carbocycles. The highest BCUT2D eigenvalue weighted by Gasteiger charge is 2.14. The fourth-order valence-corrected chi connectivity index (χ4v) is 1.78. The van der Waals surface area contributed by atoms with E-state index in [-0.39, 0.29) is 5.41 Å². The highest BCUT2D eigenvalue weighted by molar-refractivity contribution is 7.80. The molecular formula is C15H24O2S. The lowest BCUT2D eigenvalue weighted by molar-refractivity contribution is 0.112. The van der Waals surface area contributed by atoms with Gasteiger partial charge in [-0.25, -0.2) is 0 Å². The van der Waals surface area contributed by atoms with Crippen molar-refractivity contribution in [1.29, 1.82) is 0 Å². The first-order valence-corrected chi connectivity index (χ1v) is 7.01. The molecule has 0 aliphatic heterocycles. The van der Waals surface area contributed by atoms with Gasteiger partial charge in [-0.3, -0.25) is 0 Å². The first kappa shape index (κ1) is 15.4. The van der Waals surface area contributed by atoms with Gasteiger partial charge in [0.25, 0.3) is 0 Å². The molecule has 102 valence electrons. The molecular weight excluding hydrogens is 244 g/mol. The molecule has 0 radical (unpaired) electrons. The maximum atomic E-state index is 5.70. The van der Waals surface area contributed by atoms with Crippen LogP contribution in [-0.2, 0) is 10.2 Å². The fraction of sp³-hybridized carbons (Fsp3) is 0.600. The number of aryl methyl sites for hydroxylation is 1. The van der Waals surface area contributed by atoms with Gasteiger partial charge in [-0.2, -0.15) is 12.6 Å². The molecule has 0 atom stereocenters. The lowest BCUT2D eigenvalue weighted by atomic mass is 9.86. The number of rotatable bonds is 6. The highest BCUT2D eigenvalue weighted by atomic mass is 32.1. The minimum Gasteiger partial charge on any atom is -0.491 e. The molecule has 3 heteroatoms. The van der Waals surface area contributed by atoms with Gasteiger partial charge >= 0.3 is 0 Å². The zero-order chi connectivity index (χ0) is 13.6. The lowest BCUT2D eigenvalue weighted by Gasteiger charge is -2.20. The van der Waals surface area contributed by atoms with Crippen LogP contribution >= 0.6 is 12.6 Å². The van der Waals surface area contributed by atoms with Crippen molar-refractivity contribution in [2.45, 2.75) is 33.1 Å². The molecule has 0 N–H and O–H groups in total. The fourth-order valence-electron chi connectivity index (χ4n) is 1.66. The summed E-state index contributed by atoms with van der Waals surface area (Å²) in [5, 5.41) is 0. The Kier molecular flexibility index (Phi) is 6.03. The summed E-state index contributed by atoms with van der Waals surface area (Å²) >= 11 is 4.08. The second-order valence-corrected chi connectivity index (χ2v) is 5.86. The van der Waals surface area contributed by atoms with Crippen LogP contribution in [0.25, 0.3) is 0 Å². The van der Waals surface area contributed by atoms with Crippen LogP contribution < -0.4 is 4.74 Å². The smallest absolute Gasteiger partial charge is 0.122 e. The van der Waals surface area contributed by atoms with E-state index in [1.54, 1.807) is 0 Å². The van der Waals surface area contributed by atoms with Crippen molar-refractivity contribution >= 4 is 12.6 Å². The van der Waals surface area contributed by atoms with Crippen LogP contribution in [0.4, 0.5) is 0 Å². The first-order chi connectivity index (χ1) is 8.45. The average Bonchev–Trinajstić information content (AvgIpc) is 2.29. The summed E-state index contributed by atoms with van der Waals surface area (Å²) in [5.74, 6) is 1.69. The number of hydrogen-bond donors (Lipinski definition) is 1. The van der Waals surface area contributed by atoms with Gasteiger partial charge in [-0.05, 0) is 29.5 Å². The molecule has 2 nitrogen and oxygen atoms in total. The topological polar surface area (TPSA) is 18.5 Å². The SMILES string of the molecule is Cc1cc(C(C)(C)C)ccc1OCCOCCS. The molecule has 1 aromatic rings. The second kappa shape index (κ2) is 7.05. The molecule has 0 spiro atoms. The van der Waals surface area contributed by atoms with Crippen molar-refractivity contribution in [2.24, 2.45) is 0 Å². The van der Waals surface area contributed by atoms with E-state index in [4.69, 9.17) is 9.47 Å². The molecule has 0 unspecified atom stereocenters. The van der Waals surface area contributed by atoms with Gasteiger partial charge in [-0.15, -0.1) is 0 Å². The zero-order valence-electron chi connectivity index (χ0n) is 11.8. The Morgan fingerprint density at radius 2 is 1.83 bits per heavy atom. The molecule has 0 aliphatic rings. The summed E-state index contributed by atoms with van der Waals surface area (Å²) in [4.78, 5) is 0. The van der Waals surface area contributed by atoms with Gasteiger partial charge in [0.15, 0.2) is 0 Å². The van der Waals surface area contributed by atoms with E-state index < -0.39 is 0 Å². The van der Waals surface area contributed by atoms with Crippen LogP contribution in [0.3, 0.4) is 0 Å². The molecule has 0 bridgehead atoms. The van der Waals surface area contributed by atoms with Crippen LogP contribution in [0.1, 0.15) is 31.9 Å². The average molecular weight is 268 g/mol. The van der Waals surface area contributed by atoms with Crippen molar-refractivity contribution in [3.63, 3.8) is 0 Å². The maximum absolute atomic E-state index is 5.70. The van der Waals surface area contributed by atoms with Gasteiger partial charge in [0.2, 0.25) is 0 Å². The Morgan fingerprint density at radius 1 is 1.11 bits per heavy atom. The Hall–Kier alpha value is -0.670. The number of thiol groups is 1. The quantitative estimate of drug-likeness (QED) is 0.627. The van der Waals surface area contributed by atoms with E-state index in [9.17, 15) is 0 Å². The van der Waals surface area contributed by atoms with Crippen LogP contribution in [0.2, 0.25) is 0 Å². The van der Waals surface area contributed by atoms with Crippen LogP contribution in [-0.4, -0.2) is 25.6 Å². The molecule has 0 saturated heterocycles. The Balaban J connectivity index is 2.53. The molecule has 0 amide bonds. The standard InChI is InChI=1S/C15H24O2S/c1-12-11-13(15(2,3)4)5-6-14(12)17-8-7-16-9-10-18/h5-6,11,18H,7-10H2,1-4H3. The van der Waals surface area contributed by atoms with Crippen LogP contribution in [0.15, 0.2) is 18.2 Å². The largest absolute Gasteiger partial charge is 0.491 e. The number of benzene rings is 1. The van der Waals surface area contributed by atoms with Gasteiger partial charge < -0.3 is 9.47 Å². The summed E-state index contributed by atoms with van der Waals surface area (Å²) in [6.45, 7) is 10.6. The third-order valence-corrected chi connectivity index (χ3v) is 2.94. The van der Waals surface area contributed by atoms with Gasteiger partial charge in [-0.1, -0.05) is 32.9 Å². The predicted molar refractivity (Wildman–Crippen MR) is 80.0 cm³/mol. The van der Waals surface area contributed by atoms with Crippen LogP contribution in [0.5, 0.6) is 5.75 Å². The molecule has 0 aromatic heterocycles. The van der Waals surface area contributed by atoms with Crippen molar-refractivity contribution in [1.82, 2.24) is 0 Å². The minimum absolute atomic E-state index is 0.180. The third-order valence-electron chi connectivity index (χ3n) is 2.76. The predicted octanol–water partition coefficient (Wildman–Crippen LogP) is 3.62. The first-order valence-electron chi connectivity index (χ1n) is 6.37. The second-order valence-electron chi connectivity index (χ2n) is 5.41. The molecule has 0 heterocycles. The van der Waals surface area contributed by atoms with Gasteiger partial charge in [0.1, 0.15) is 12.4 Å². The van der Waals surface area contributed by atoms with Crippen molar-refractivity contribution in [3.8, 4) is 5.75 Å². The maximum Gasteiger partial charge on any atom is 0.122 e. The summed E-state index contributed by atoms with van der Waals surface area (Å²) < 4.78 is 11.0. The minimum atomic E-state index is 0.180. The number of ether oxygens (including phenoxy) is 2. The zero-order valence-corrected chi connectivity index (χ0v) is 12.7. The van der Waals surface area contributed by atoms with Crippen molar-refractivity contribution in [3.05, 3.63) is 29.3 Å². The summed E-state index contributed by atoms with van der Waals surface area (Å²) in [6, 6.07) is 6.38.